The summed E-state index contributed by atoms with van der Waals surface area (Å²) in [4.78, 5) is 27.1. The fourth-order valence-corrected chi connectivity index (χ4v) is 5.64. The number of nitrogens with zero attached hydrogens (tertiary/aromatic N) is 2. The third-order valence-electron chi connectivity index (χ3n) is 5.76. The highest BCUT2D eigenvalue weighted by atomic mass is 32.2. The summed E-state index contributed by atoms with van der Waals surface area (Å²) in [5.74, 6) is -0.226. The molecule has 2 aromatic rings. The Hall–Kier alpha value is -2.91. The van der Waals surface area contributed by atoms with Gasteiger partial charge in [0.2, 0.25) is 21.8 Å². The maximum Gasteiger partial charge on any atom is 0.243 e. The van der Waals surface area contributed by atoms with Crippen molar-refractivity contribution in [2.24, 2.45) is 5.92 Å². The van der Waals surface area contributed by atoms with E-state index in [1.165, 1.54) is 16.4 Å². The predicted octanol–water partition coefficient (Wildman–Crippen LogP) is 2.86. The van der Waals surface area contributed by atoms with Gasteiger partial charge in [0.1, 0.15) is 5.75 Å². The van der Waals surface area contributed by atoms with Gasteiger partial charge in [-0.05, 0) is 62.2 Å². The summed E-state index contributed by atoms with van der Waals surface area (Å²) < 4.78 is 32.5. The van der Waals surface area contributed by atoms with E-state index in [2.05, 4.69) is 5.32 Å². The fourth-order valence-electron chi connectivity index (χ4n) is 4.08. The minimum Gasteiger partial charge on any atom is -0.494 e. The van der Waals surface area contributed by atoms with E-state index in [1.54, 1.807) is 41.3 Å². The van der Waals surface area contributed by atoms with Crippen LogP contribution in [0.15, 0.2) is 53.4 Å². The van der Waals surface area contributed by atoms with Crippen LogP contribution in [0.1, 0.15) is 26.2 Å². The lowest BCUT2D eigenvalue weighted by atomic mass is 10.1. The number of rotatable bonds is 7. The van der Waals surface area contributed by atoms with Crippen molar-refractivity contribution in [2.75, 3.05) is 36.5 Å². The summed E-state index contributed by atoms with van der Waals surface area (Å²) in [7, 11) is -3.57. The Morgan fingerprint density at radius 1 is 1.12 bits per heavy atom. The van der Waals surface area contributed by atoms with Gasteiger partial charge in [-0.1, -0.05) is 6.07 Å². The number of anilines is 2. The van der Waals surface area contributed by atoms with E-state index in [4.69, 9.17) is 4.74 Å². The SMILES string of the molecule is CCOc1ccc(N2C[C@@H](C(=O)Nc3cccc(S(=O)(=O)N4CCCC4)c3)CC2=O)cc1. The highest BCUT2D eigenvalue weighted by Crippen LogP contribution is 2.28. The van der Waals surface area contributed by atoms with Crippen molar-refractivity contribution >= 4 is 33.2 Å². The molecule has 0 saturated carbocycles. The molecule has 8 nitrogen and oxygen atoms in total. The molecular weight excluding hydrogens is 430 g/mol. The number of amides is 2. The van der Waals surface area contributed by atoms with Crippen LogP contribution >= 0.6 is 0 Å². The fraction of sp³-hybridized carbons (Fsp3) is 0.391. The third-order valence-corrected chi connectivity index (χ3v) is 7.65. The molecule has 0 bridgehead atoms. The molecule has 0 radical (unpaired) electrons. The van der Waals surface area contributed by atoms with Crippen LogP contribution in [0.2, 0.25) is 0 Å². The average molecular weight is 458 g/mol. The minimum atomic E-state index is -3.57. The normalized spacial score (nSPS) is 19.3. The molecule has 2 fully saturated rings. The Bertz CT molecular complexity index is 1090. The van der Waals surface area contributed by atoms with Crippen molar-refractivity contribution in [3.05, 3.63) is 48.5 Å². The Morgan fingerprint density at radius 2 is 1.84 bits per heavy atom. The molecule has 170 valence electrons. The van der Waals surface area contributed by atoms with Crippen LogP contribution in [-0.4, -0.2) is 50.8 Å². The van der Waals surface area contributed by atoms with Gasteiger partial charge in [0.05, 0.1) is 17.4 Å². The van der Waals surface area contributed by atoms with E-state index >= 15 is 0 Å². The highest BCUT2D eigenvalue weighted by molar-refractivity contribution is 7.89. The first-order valence-corrected chi connectivity index (χ1v) is 12.3. The van der Waals surface area contributed by atoms with Gasteiger partial charge in [-0.15, -0.1) is 0 Å². The monoisotopic (exact) mass is 457 g/mol. The molecule has 2 aromatic carbocycles. The van der Waals surface area contributed by atoms with Crippen LogP contribution in [0.3, 0.4) is 0 Å². The van der Waals surface area contributed by atoms with Crippen molar-refractivity contribution in [3.8, 4) is 5.75 Å². The second-order valence-corrected chi connectivity index (χ2v) is 9.90. The van der Waals surface area contributed by atoms with Crippen molar-refractivity contribution in [3.63, 3.8) is 0 Å². The number of hydrogen-bond donors (Lipinski definition) is 1. The molecule has 2 aliphatic heterocycles. The maximum atomic E-state index is 12.8. The van der Waals surface area contributed by atoms with Crippen LogP contribution in [-0.2, 0) is 19.6 Å². The van der Waals surface area contributed by atoms with Gasteiger partial charge in [0, 0.05) is 37.4 Å². The van der Waals surface area contributed by atoms with E-state index in [-0.39, 0.29) is 29.7 Å². The van der Waals surface area contributed by atoms with Crippen LogP contribution in [0, 0.1) is 5.92 Å². The number of hydrogen-bond acceptors (Lipinski definition) is 5. The van der Waals surface area contributed by atoms with Crippen LogP contribution in [0.25, 0.3) is 0 Å². The van der Waals surface area contributed by atoms with Gasteiger partial charge in [0.15, 0.2) is 0 Å². The van der Waals surface area contributed by atoms with Gasteiger partial charge < -0.3 is 15.0 Å². The van der Waals surface area contributed by atoms with E-state index in [1.807, 2.05) is 6.92 Å². The molecule has 32 heavy (non-hydrogen) atoms. The molecule has 2 amide bonds. The molecule has 9 heteroatoms. The summed E-state index contributed by atoms with van der Waals surface area (Å²) in [6.45, 7) is 3.77. The summed E-state index contributed by atoms with van der Waals surface area (Å²) in [5.41, 5.74) is 1.12. The van der Waals surface area contributed by atoms with Crippen molar-refractivity contribution < 1.29 is 22.7 Å². The topological polar surface area (TPSA) is 96.0 Å². The summed E-state index contributed by atoms with van der Waals surface area (Å²) in [5, 5.41) is 2.78. The molecule has 4 rings (SSSR count). The molecule has 2 aliphatic rings. The summed E-state index contributed by atoms with van der Waals surface area (Å²) in [6.07, 6.45) is 1.82. The zero-order valence-electron chi connectivity index (χ0n) is 18.0. The second kappa shape index (κ2) is 9.30. The van der Waals surface area contributed by atoms with Gasteiger partial charge in [0.25, 0.3) is 0 Å². The third kappa shape index (κ3) is 4.63. The van der Waals surface area contributed by atoms with E-state index in [0.717, 1.165) is 18.6 Å². The molecule has 2 heterocycles. The van der Waals surface area contributed by atoms with Crippen LogP contribution in [0.5, 0.6) is 5.75 Å². The first-order valence-electron chi connectivity index (χ1n) is 10.8. The molecular formula is C23H27N3O5S. The molecule has 2 saturated heterocycles. The van der Waals surface area contributed by atoms with Crippen molar-refractivity contribution in [1.82, 2.24) is 4.31 Å². The summed E-state index contributed by atoms with van der Waals surface area (Å²) >= 11 is 0. The number of carbonyl (C=O) groups excluding carboxylic acids is 2. The van der Waals surface area contributed by atoms with Crippen molar-refractivity contribution in [2.45, 2.75) is 31.1 Å². The summed E-state index contributed by atoms with van der Waals surface area (Å²) in [6, 6.07) is 13.5. The maximum absolute atomic E-state index is 12.8. The first kappa shape index (κ1) is 22.3. The van der Waals surface area contributed by atoms with E-state index < -0.39 is 15.9 Å². The Balaban J connectivity index is 1.43. The molecule has 0 aromatic heterocycles. The largest absolute Gasteiger partial charge is 0.494 e. The molecule has 1 atom stereocenters. The van der Waals surface area contributed by atoms with Crippen LogP contribution in [0.4, 0.5) is 11.4 Å². The zero-order chi connectivity index (χ0) is 22.7. The molecule has 0 aliphatic carbocycles. The van der Waals surface area contributed by atoms with Crippen molar-refractivity contribution in [1.29, 1.82) is 0 Å². The average Bonchev–Trinajstić information content (AvgIpc) is 3.45. The lowest BCUT2D eigenvalue weighted by Gasteiger charge is -2.18. The Labute approximate surface area is 188 Å². The lowest BCUT2D eigenvalue weighted by Crippen LogP contribution is -2.29. The molecule has 0 spiro atoms. The number of ether oxygens (including phenoxy) is 1. The lowest BCUT2D eigenvalue weighted by molar-refractivity contribution is -0.122. The number of nitrogens with one attached hydrogen (secondary N) is 1. The Kier molecular flexibility index (Phi) is 6.48. The van der Waals surface area contributed by atoms with Gasteiger partial charge in [-0.25, -0.2) is 8.42 Å². The first-order chi connectivity index (χ1) is 15.4. The quantitative estimate of drug-likeness (QED) is 0.690. The van der Waals surface area contributed by atoms with Crippen LogP contribution < -0.4 is 15.0 Å². The number of benzene rings is 2. The predicted molar refractivity (Wildman–Crippen MR) is 121 cm³/mol. The van der Waals surface area contributed by atoms with E-state index in [9.17, 15) is 18.0 Å². The second-order valence-electron chi connectivity index (χ2n) is 7.96. The number of sulfonamides is 1. The van der Waals surface area contributed by atoms with Gasteiger partial charge in [-0.2, -0.15) is 4.31 Å². The standard InChI is InChI=1S/C23H27N3O5S/c1-2-31-20-10-8-19(9-11-20)26-16-17(14-22(26)27)23(28)24-18-6-5-7-21(15-18)32(29,30)25-12-3-4-13-25/h5-11,15,17H,2-4,12-14,16H2,1H3,(H,24,28)/t17-/m0/s1. The minimum absolute atomic E-state index is 0.102. The van der Waals surface area contributed by atoms with Gasteiger partial charge >= 0.3 is 0 Å². The van der Waals surface area contributed by atoms with E-state index in [0.29, 0.717) is 31.1 Å². The zero-order valence-corrected chi connectivity index (χ0v) is 18.8. The molecule has 0 unspecified atom stereocenters. The smallest absolute Gasteiger partial charge is 0.243 e. The Morgan fingerprint density at radius 3 is 2.53 bits per heavy atom. The molecule has 1 N–H and O–H groups in total. The van der Waals surface area contributed by atoms with Gasteiger partial charge in [-0.3, -0.25) is 9.59 Å². The highest BCUT2D eigenvalue weighted by Gasteiger charge is 2.35. The number of carbonyl (C=O) groups is 2.